The Bertz CT molecular complexity index is 1120. The van der Waals surface area contributed by atoms with Gasteiger partial charge in [0.2, 0.25) is 5.91 Å². The van der Waals surface area contributed by atoms with Crippen LogP contribution in [0.15, 0.2) is 60.9 Å². The van der Waals surface area contributed by atoms with Crippen LogP contribution in [0.2, 0.25) is 0 Å². The van der Waals surface area contributed by atoms with Crippen molar-refractivity contribution < 1.29 is 14.3 Å². The predicted molar refractivity (Wildman–Crippen MR) is 135 cm³/mol. The van der Waals surface area contributed by atoms with Crippen molar-refractivity contribution in [2.75, 3.05) is 50.4 Å². The number of amides is 2. The van der Waals surface area contributed by atoms with Crippen molar-refractivity contribution in [3.63, 3.8) is 0 Å². The molecule has 2 amide bonds. The van der Waals surface area contributed by atoms with Crippen LogP contribution in [0, 0.1) is 0 Å². The van der Waals surface area contributed by atoms with E-state index in [1.807, 2.05) is 30.5 Å². The van der Waals surface area contributed by atoms with Gasteiger partial charge in [0.25, 0.3) is 5.91 Å². The second kappa shape index (κ2) is 12.1. The first kappa shape index (κ1) is 24.4. The second-order valence-electron chi connectivity index (χ2n) is 8.62. The SMILES string of the molecule is Nc1ccccc1NC(=O)c1ccc(Cn2cc(CC(=O)NCCCN3CCOCC3)cn2)cc1. The molecule has 0 radical (unpaired) electrons. The van der Waals surface area contributed by atoms with E-state index in [0.717, 1.165) is 50.4 Å². The Morgan fingerprint density at radius 1 is 1.03 bits per heavy atom. The lowest BCUT2D eigenvalue weighted by Crippen LogP contribution is -2.38. The maximum absolute atomic E-state index is 12.5. The standard InChI is InChI=1S/C26H32N6O3/c27-23-4-1-2-5-24(23)30-26(34)22-8-6-20(7-9-22)18-32-19-21(17-29-32)16-25(33)28-10-3-11-31-12-14-35-15-13-31/h1-2,4-9,17,19H,3,10-16,18,27H2,(H,28,33)(H,30,34). The van der Waals surface area contributed by atoms with Crippen LogP contribution >= 0.6 is 0 Å². The minimum Gasteiger partial charge on any atom is -0.397 e. The topological polar surface area (TPSA) is 115 Å². The molecule has 2 aromatic carbocycles. The molecule has 0 aliphatic carbocycles. The Morgan fingerprint density at radius 2 is 1.80 bits per heavy atom. The summed E-state index contributed by atoms with van der Waals surface area (Å²) in [6.07, 6.45) is 4.84. The second-order valence-corrected chi connectivity index (χ2v) is 8.62. The summed E-state index contributed by atoms with van der Waals surface area (Å²) in [5, 5.41) is 10.2. The molecule has 35 heavy (non-hydrogen) atoms. The van der Waals surface area contributed by atoms with Crippen molar-refractivity contribution in [2.24, 2.45) is 0 Å². The molecular formula is C26H32N6O3. The number of benzene rings is 2. The van der Waals surface area contributed by atoms with Crippen molar-refractivity contribution in [3.8, 4) is 0 Å². The number of nitrogens with zero attached hydrogens (tertiary/aromatic N) is 3. The molecule has 2 heterocycles. The average Bonchev–Trinajstić information content (AvgIpc) is 3.30. The van der Waals surface area contributed by atoms with Gasteiger partial charge in [0, 0.05) is 31.4 Å². The number of morpholine rings is 1. The molecule has 0 bridgehead atoms. The molecule has 184 valence electrons. The Balaban J connectivity index is 1.20. The van der Waals surface area contributed by atoms with Crippen LogP contribution in [0.3, 0.4) is 0 Å². The minimum atomic E-state index is -0.216. The van der Waals surface area contributed by atoms with Gasteiger partial charge in [0.05, 0.1) is 43.8 Å². The average molecular weight is 477 g/mol. The molecule has 9 heteroatoms. The van der Waals surface area contributed by atoms with Gasteiger partial charge in [-0.1, -0.05) is 24.3 Å². The normalized spacial score (nSPS) is 13.9. The van der Waals surface area contributed by atoms with E-state index in [4.69, 9.17) is 10.5 Å². The lowest BCUT2D eigenvalue weighted by molar-refractivity contribution is -0.120. The van der Waals surface area contributed by atoms with Gasteiger partial charge in [-0.05, 0) is 48.4 Å². The van der Waals surface area contributed by atoms with Crippen LogP contribution in [0.1, 0.15) is 27.9 Å². The number of nitrogens with two attached hydrogens (primary N) is 1. The number of nitrogen functional groups attached to an aromatic ring is 1. The molecule has 1 fully saturated rings. The summed E-state index contributed by atoms with van der Waals surface area (Å²) in [5.41, 5.74) is 9.42. The zero-order valence-corrected chi connectivity index (χ0v) is 19.8. The highest BCUT2D eigenvalue weighted by Crippen LogP contribution is 2.18. The monoisotopic (exact) mass is 476 g/mol. The first-order valence-corrected chi connectivity index (χ1v) is 11.9. The van der Waals surface area contributed by atoms with Crippen LogP contribution in [-0.2, 0) is 22.5 Å². The number of anilines is 2. The molecule has 1 aliphatic rings. The molecule has 4 rings (SSSR count). The van der Waals surface area contributed by atoms with Crippen LogP contribution in [0.5, 0.6) is 0 Å². The van der Waals surface area contributed by atoms with E-state index in [9.17, 15) is 9.59 Å². The van der Waals surface area contributed by atoms with E-state index < -0.39 is 0 Å². The van der Waals surface area contributed by atoms with Gasteiger partial charge in [0.15, 0.2) is 0 Å². The van der Waals surface area contributed by atoms with Crippen LogP contribution in [-0.4, -0.2) is 65.9 Å². The zero-order valence-electron chi connectivity index (χ0n) is 19.8. The third kappa shape index (κ3) is 7.40. The number of hydrogen-bond acceptors (Lipinski definition) is 6. The number of rotatable bonds is 10. The Kier molecular flexibility index (Phi) is 8.48. The maximum Gasteiger partial charge on any atom is 0.255 e. The summed E-state index contributed by atoms with van der Waals surface area (Å²) in [4.78, 5) is 27.1. The largest absolute Gasteiger partial charge is 0.397 e. The smallest absolute Gasteiger partial charge is 0.255 e. The van der Waals surface area contributed by atoms with E-state index in [0.29, 0.717) is 36.4 Å². The summed E-state index contributed by atoms with van der Waals surface area (Å²) in [7, 11) is 0. The summed E-state index contributed by atoms with van der Waals surface area (Å²) in [6.45, 7) is 5.70. The van der Waals surface area contributed by atoms with Gasteiger partial charge in [0.1, 0.15) is 0 Å². The predicted octanol–water partition coefficient (Wildman–Crippen LogP) is 2.15. The van der Waals surface area contributed by atoms with Gasteiger partial charge in [-0.3, -0.25) is 19.2 Å². The molecule has 0 atom stereocenters. The number of hydrogen-bond donors (Lipinski definition) is 3. The summed E-state index contributed by atoms with van der Waals surface area (Å²) in [6, 6.07) is 14.5. The van der Waals surface area contributed by atoms with Crippen molar-refractivity contribution in [3.05, 3.63) is 77.6 Å². The van der Waals surface area contributed by atoms with E-state index in [1.54, 1.807) is 35.1 Å². The van der Waals surface area contributed by atoms with E-state index in [1.165, 1.54) is 0 Å². The summed E-state index contributed by atoms with van der Waals surface area (Å²) >= 11 is 0. The molecule has 1 saturated heterocycles. The Morgan fingerprint density at radius 3 is 2.57 bits per heavy atom. The van der Waals surface area contributed by atoms with Crippen molar-refractivity contribution in [2.45, 2.75) is 19.4 Å². The molecule has 9 nitrogen and oxygen atoms in total. The molecule has 0 unspecified atom stereocenters. The molecule has 1 aromatic heterocycles. The fraction of sp³-hybridized carbons (Fsp3) is 0.346. The first-order chi connectivity index (χ1) is 17.1. The quantitative estimate of drug-likeness (QED) is 0.305. The van der Waals surface area contributed by atoms with Crippen molar-refractivity contribution >= 4 is 23.2 Å². The van der Waals surface area contributed by atoms with Crippen LogP contribution in [0.25, 0.3) is 0 Å². The van der Waals surface area contributed by atoms with Gasteiger partial charge in [-0.25, -0.2) is 0 Å². The Hall–Kier alpha value is -3.69. The number of carbonyl (C=O) groups is 2. The molecular weight excluding hydrogens is 444 g/mol. The minimum absolute atomic E-state index is 0.000876. The van der Waals surface area contributed by atoms with E-state index in [-0.39, 0.29) is 11.8 Å². The number of nitrogens with one attached hydrogen (secondary N) is 2. The highest BCUT2D eigenvalue weighted by atomic mass is 16.5. The van der Waals surface area contributed by atoms with Crippen LogP contribution < -0.4 is 16.4 Å². The number of para-hydroxylation sites is 2. The highest BCUT2D eigenvalue weighted by Gasteiger charge is 2.11. The third-order valence-corrected chi connectivity index (χ3v) is 5.90. The Labute approximate surface area is 205 Å². The van der Waals surface area contributed by atoms with E-state index >= 15 is 0 Å². The maximum atomic E-state index is 12.5. The molecule has 3 aromatic rings. The zero-order chi connectivity index (χ0) is 24.5. The highest BCUT2D eigenvalue weighted by molar-refractivity contribution is 6.05. The van der Waals surface area contributed by atoms with Crippen molar-refractivity contribution in [1.29, 1.82) is 0 Å². The van der Waals surface area contributed by atoms with Crippen LogP contribution in [0.4, 0.5) is 11.4 Å². The first-order valence-electron chi connectivity index (χ1n) is 11.9. The van der Waals surface area contributed by atoms with Gasteiger partial charge >= 0.3 is 0 Å². The van der Waals surface area contributed by atoms with Crippen molar-refractivity contribution in [1.82, 2.24) is 20.0 Å². The fourth-order valence-corrected chi connectivity index (χ4v) is 3.94. The van der Waals surface area contributed by atoms with Gasteiger partial charge in [-0.15, -0.1) is 0 Å². The number of aromatic nitrogens is 2. The number of ether oxygens (including phenoxy) is 1. The summed E-state index contributed by atoms with van der Waals surface area (Å²) < 4.78 is 7.14. The molecule has 0 spiro atoms. The lowest BCUT2D eigenvalue weighted by Gasteiger charge is -2.26. The van der Waals surface area contributed by atoms with Gasteiger partial charge in [-0.2, -0.15) is 5.10 Å². The summed E-state index contributed by atoms with van der Waals surface area (Å²) in [5.74, 6) is -0.215. The van der Waals surface area contributed by atoms with Gasteiger partial charge < -0.3 is 21.1 Å². The molecule has 1 aliphatic heterocycles. The molecule has 0 saturated carbocycles. The fourth-order valence-electron chi connectivity index (χ4n) is 3.94. The number of carbonyl (C=O) groups excluding carboxylic acids is 2. The lowest BCUT2D eigenvalue weighted by atomic mass is 10.1. The third-order valence-electron chi connectivity index (χ3n) is 5.90. The van der Waals surface area contributed by atoms with E-state index in [2.05, 4.69) is 20.6 Å². The molecule has 4 N–H and O–H groups in total.